The normalized spacial score (nSPS) is 26.9. The third-order valence-corrected chi connectivity index (χ3v) is 6.70. The van der Waals surface area contributed by atoms with Crippen LogP contribution in [-0.2, 0) is 4.74 Å². The van der Waals surface area contributed by atoms with Gasteiger partial charge in [-0.1, -0.05) is 30.3 Å². The van der Waals surface area contributed by atoms with Gasteiger partial charge in [-0.2, -0.15) is 0 Å². The highest BCUT2D eigenvalue weighted by molar-refractivity contribution is 9.10. The first kappa shape index (κ1) is 19.2. The highest BCUT2D eigenvalue weighted by Crippen LogP contribution is 2.46. The summed E-state index contributed by atoms with van der Waals surface area (Å²) in [6.07, 6.45) is 5.65. The Balaban J connectivity index is 1.52. The Morgan fingerprint density at radius 3 is 2.46 bits per heavy atom. The average molecular weight is 444 g/mol. The van der Waals surface area contributed by atoms with E-state index in [4.69, 9.17) is 10.5 Å². The molecule has 1 atom stereocenters. The molecular weight excluding hydrogens is 418 g/mol. The van der Waals surface area contributed by atoms with E-state index in [1.807, 2.05) is 43.1 Å². The molecule has 1 saturated carbocycles. The Bertz CT molecular complexity index is 863. The fourth-order valence-corrected chi connectivity index (χ4v) is 5.07. The first-order valence-electron chi connectivity index (χ1n) is 9.84. The molecule has 6 heteroatoms. The molecular formula is C22H26BrN3O2. The molecule has 2 N–H and O–H groups in total. The smallest absolute Gasteiger partial charge is 0.411 e. The van der Waals surface area contributed by atoms with E-state index in [1.165, 1.54) is 5.56 Å². The molecule has 1 aromatic carbocycles. The number of hydrogen-bond donors (Lipinski definition) is 1. The van der Waals surface area contributed by atoms with Crippen LogP contribution in [0.3, 0.4) is 0 Å². The predicted octanol–water partition coefficient (Wildman–Crippen LogP) is 5.42. The fourth-order valence-electron chi connectivity index (χ4n) is 4.70. The zero-order chi connectivity index (χ0) is 19.9. The van der Waals surface area contributed by atoms with Crippen LogP contribution in [0.25, 0.3) is 0 Å². The van der Waals surface area contributed by atoms with E-state index < -0.39 is 5.60 Å². The summed E-state index contributed by atoms with van der Waals surface area (Å²) >= 11 is 3.48. The van der Waals surface area contributed by atoms with Crippen molar-refractivity contribution in [2.45, 2.75) is 63.1 Å². The highest BCUT2D eigenvalue weighted by Gasteiger charge is 2.51. The van der Waals surface area contributed by atoms with E-state index in [2.05, 4.69) is 39.1 Å². The minimum atomic E-state index is -0.541. The molecule has 1 aliphatic heterocycles. The molecule has 1 saturated heterocycles. The first-order chi connectivity index (χ1) is 13.4. The topological polar surface area (TPSA) is 68.5 Å². The number of nitrogens with zero attached hydrogens (tertiary/aromatic N) is 2. The molecule has 148 valence electrons. The van der Waals surface area contributed by atoms with Gasteiger partial charge in [-0.05, 0) is 78.6 Å². The van der Waals surface area contributed by atoms with Crippen LogP contribution in [-0.4, -0.2) is 27.6 Å². The van der Waals surface area contributed by atoms with E-state index in [9.17, 15) is 4.79 Å². The van der Waals surface area contributed by atoms with Gasteiger partial charge in [-0.15, -0.1) is 0 Å². The lowest BCUT2D eigenvalue weighted by Gasteiger charge is -2.38. The maximum atomic E-state index is 12.8. The maximum Gasteiger partial charge on any atom is 0.411 e. The van der Waals surface area contributed by atoms with Crippen molar-refractivity contribution in [3.05, 3.63) is 58.2 Å². The average Bonchev–Trinajstić information content (AvgIpc) is 2.93. The number of rotatable bonds is 3. The van der Waals surface area contributed by atoms with Crippen LogP contribution >= 0.6 is 15.9 Å². The summed E-state index contributed by atoms with van der Waals surface area (Å²) < 4.78 is 6.63. The number of nitrogens with two attached hydrogens (primary N) is 1. The summed E-state index contributed by atoms with van der Waals surface area (Å²) in [5.41, 5.74) is 7.62. The zero-order valence-electron chi connectivity index (χ0n) is 16.3. The molecule has 0 spiro atoms. The molecule has 28 heavy (non-hydrogen) atoms. The van der Waals surface area contributed by atoms with E-state index in [0.717, 1.165) is 35.7 Å². The number of aromatic nitrogens is 1. The number of halogens is 1. The molecule has 2 heterocycles. The molecule has 2 aromatic rings. The second-order valence-electron chi connectivity index (χ2n) is 8.33. The van der Waals surface area contributed by atoms with Gasteiger partial charge in [0, 0.05) is 12.2 Å². The zero-order valence-corrected chi connectivity index (χ0v) is 17.9. The van der Waals surface area contributed by atoms with Gasteiger partial charge in [0.2, 0.25) is 0 Å². The van der Waals surface area contributed by atoms with Crippen molar-refractivity contribution in [2.75, 3.05) is 5.73 Å². The molecule has 0 radical (unpaired) electrons. The summed E-state index contributed by atoms with van der Waals surface area (Å²) in [5, 5.41) is 0. The Morgan fingerprint density at radius 1 is 1.14 bits per heavy atom. The molecule has 4 rings (SSSR count). The second-order valence-corrected chi connectivity index (χ2v) is 9.19. The second kappa shape index (κ2) is 7.39. The van der Waals surface area contributed by atoms with E-state index in [0.29, 0.717) is 11.7 Å². The molecule has 1 amide bonds. The minimum absolute atomic E-state index is 0.0601. The molecule has 2 fully saturated rings. The quantitative estimate of drug-likeness (QED) is 0.686. The number of carbonyl (C=O) groups is 1. The summed E-state index contributed by atoms with van der Waals surface area (Å²) in [6.45, 7) is 4.01. The number of nitrogen functional groups attached to an aromatic ring is 1. The van der Waals surface area contributed by atoms with Crippen LogP contribution in [0.4, 0.5) is 10.6 Å². The van der Waals surface area contributed by atoms with Crippen LogP contribution in [0.15, 0.2) is 47.1 Å². The highest BCUT2D eigenvalue weighted by atomic mass is 79.9. The van der Waals surface area contributed by atoms with E-state index in [1.54, 1.807) is 0 Å². The van der Waals surface area contributed by atoms with Crippen LogP contribution in [0.5, 0.6) is 0 Å². The number of anilines is 1. The van der Waals surface area contributed by atoms with Crippen molar-refractivity contribution in [2.24, 2.45) is 0 Å². The van der Waals surface area contributed by atoms with Crippen molar-refractivity contribution in [1.82, 2.24) is 9.88 Å². The summed E-state index contributed by atoms with van der Waals surface area (Å²) in [4.78, 5) is 19.0. The van der Waals surface area contributed by atoms with Crippen molar-refractivity contribution >= 4 is 27.8 Å². The number of cyclic esters (lactones) is 1. The number of ether oxygens (including phenoxy) is 1. The third kappa shape index (κ3) is 3.50. The van der Waals surface area contributed by atoms with E-state index in [-0.39, 0.29) is 18.2 Å². The van der Waals surface area contributed by atoms with Gasteiger partial charge < -0.3 is 10.5 Å². The number of hydrogen-bond acceptors (Lipinski definition) is 4. The molecule has 2 aliphatic rings. The lowest BCUT2D eigenvalue weighted by Crippen LogP contribution is -2.42. The van der Waals surface area contributed by atoms with Gasteiger partial charge in [-0.25, -0.2) is 9.78 Å². The molecule has 0 unspecified atom stereocenters. The summed E-state index contributed by atoms with van der Waals surface area (Å²) in [6, 6.07) is 12.4. The summed E-state index contributed by atoms with van der Waals surface area (Å²) in [5.74, 6) is 0.965. The SMILES string of the molecule is CC1(C)OC(=O)N([C@H]2CC[C@H](c3cnc(N)c(Br)c3)CC2)[C@@H]1c1ccccc1. The summed E-state index contributed by atoms with van der Waals surface area (Å²) in [7, 11) is 0. The van der Waals surface area contributed by atoms with Crippen LogP contribution in [0.2, 0.25) is 0 Å². The Kier molecular flexibility index (Phi) is 5.08. The van der Waals surface area contributed by atoms with Crippen LogP contribution in [0.1, 0.15) is 62.6 Å². The van der Waals surface area contributed by atoms with Gasteiger partial charge in [0.25, 0.3) is 0 Å². The van der Waals surface area contributed by atoms with Crippen LogP contribution in [0, 0.1) is 0 Å². The Labute approximate surface area is 174 Å². The number of carbonyl (C=O) groups excluding carboxylic acids is 1. The van der Waals surface area contributed by atoms with Crippen molar-refractivity contribution < 1.29 is 9.53 Å². The van der Waals surface area contributed by atoms with E-state index >= 15 is 0 Å². The van der Waals surface area contributed by atoms with Crippen molar-refractivity contribution in [1.29, 1.82) is 0 Å². The maximum absolute atomic E-state index is 12.8. The van der Waals surface area contributed by atoms with Gasteiger partial charge in [0.15, 0.2) is 0 Å². The molecule has 1 aliphatic carbocycles. The number of pyridine rings is 1. The van der Waals surface area contributed by atoms with Gasteiger partial charge in [-0.3, -0.25) is 4.90 Å². The Hall–Kier alpha value is -2.08. The van der Waals surface area contributed by atoms with Gasteiger partial charge in [0.1, 0.15) is 11.4 Å². The number of amides is 1. The predicted molar refractivity (Wildman–Crippen MR) is 113 cm³/mol. The third-order valence-electron chi connectivity index (χ3n) is 6.07. The fraction of sp³-hybridized carbons (Fsp3) is 0.455. The van der Waals surface area contributed by atoms with Gasteiger partial charge >= 0.3 is 6.09 Å². The molecule has 0 bridgehead atoms. The van der Waals surface area contributed by atoms with Crippen LogP contribution < -0.4 is 5.73 Å². The molecule has 5 nitrogen and oxygen atoms in total. The lowest BCUT2D eigenvalue weighted by atomic mass is 9.80. The van der Waals surface area contributed by atoms with Gasteiger partial charge in [0.05, 0.1) is 10.5 Å². The standard InChI is InChI=1S/C22H26BrN3O2/c1-22(2)19(15-6-4-3-5-7-15)26(21(27)28-22)17-10-8-14(9-11-17)16-12-18(23)20(24)25-13-16/h3-7,12-14,17,19H,8-11H2,1-2H3,(H2,24,25)/t14-,17-,19-/m1/s1. The molecule has 1 aromatic heterocycles. The lowest BCUT2D eigenvalue weighted by molar-refractivity contribution is 0.0664. The minimum Gasteiger partial charge on any atom is -0.441 e. The van der Waals surface area contributed by atoms with Crippen molar-refractivity contribution in [3.8, 4) is 0 Å². The Morgan fingerprint density at radius 2 is 1.82 bits per heavy atom. The van der Waals surface area contributed by atoms with Crippen molar-refractivity contribution in [3.63, 3.8) is 0 Å². The first-order valence-corrected chi connectivity index (χ1v) is 10.6. The monoisotopic (exact) mass is 443 g/mol. The largest absolute Gasteiger partial charge is 0.441 e. The number of benzene rings is 1.